The van der Waals surface area contributed by atoms with Gasteiger partial charge in [0.2, 0.25) is 0 Å². The van der Waals surface area contributed by atoms with Crippen molar-refractivity contribution in [3.63, 3.8) is 0 Å². The van der Waals surface area contributed by atoms with E-state index in [9.17, 15) is 4.39 Å². The number of benzene rings is 3. The highest BCUT2D eigenvalue weighted by atomic mass is 35.5. The van der Waals surface area contributed by atoms with Crippen molar-refractivity contribution in [2.75, 3.05) is 0 Å². The lowest BCUT2D eigenvalue weighted by Gasteiger charge is -2.13. The lowest BCUT2D eigenvalue weighted by Crippen LogP contribution is -2.27. The molecule has 3 heteroatoms. The average molecular weight is 328 g/mol. The zero-order valence-corrected chi connectivity index (χ0v) is 13.5. The second-order valence-electron chi connectivity index (χ2n) is 6.40. The minimum atomic E-state index is -0.194. The van der Waals surface area contributed by atoms with E-state index in [0.29, 0.717) is 5.92 Å². The molecule has 0 spiro atoms. The monoisotopic (exact) mass is 327 g/mol. The van der Waals surface area contributed by atoms with Crippen molar-refractivity contribution in [3.05, 3.63) is 83.7 Å². The molecule has 3 aromatic carbocycles. The van der Waals surface area contributed by atoms with E-state index in [1.807, 2.05) is 12.1 Å². The van der Waals surface area contributed by atoms with Crippen molar-refractivity contribution < 1.29 is 4.39 Å². The summed E-state index contributed by atoms with van der Waals surface area (Å²) in [6.07, 6.45) is 1.82. The Kier molecular flexibility index (Phi) is 4.13. The van der Waals surface area contributed by atoms with Crippen LogP contribution in [-0.2, 0) is 6.42 Å². The summed E-state index contributed by atoms with van der Waals surface area (Å²) in [5, 5.41) is 2.51. The Hall–Kier alpha value is -1.90. The molecule has 3 aromatic rings. The standard InChI is InChI=1S/C20H18FN.ClH/c21-18-9-7-16(8-10-18)19-13-20(19,22)12-14-5-6-15-3-1-2-4-17(15)11-14;/h1-11,19H,12-13,22H2;1H/t19-,20-;/m1./s1. The van der Waals surface area contributed by atoms with E-state index in [1.54, 1.807) is 0 Å². The number of fused-ring (bicyclic) bond motifs is 1. The summed E-state index contributed by atoms with van der Waals surface area (Å²) in [7, 11) is 0. The van der Waals surface area contributed by atoms with Crippen LogP contribution in [0.5, 0.6) is 0 Å². The van der Waals surface area contributed by atoms with Gasteiger partial charge in [-0.15, -0.1) is 12.4 Å². The van der Waals surface area contributed by atoms with Gasteiger partial charge in [-0.25, -0.2) is 4.39 Å². The van der Waals surface area contributed by atoms with E-state index in [2.05, 4.69) is 42.5 Å². The van der Waals surface area contributed by atoms with Crippen LogP contribution in [0.25, 0.3) is 10.8 Å². The Morgan fingerprint density at radius 3 is 2.39 bits per heavy atom. The zero-order chi connectivity index (χ0) is 15.2. The fourth-order valence-corrected chi connectivity index (χ4v) is 3.39. The molecule has 0 aromatic heterocycles. The molecule has 4 rings (SSSR count). The highest BCUT2D eigenvalue weighted by molar-refractivity contribution is 5.85. The van der Waals surface area contributed by atoms with Gasteiger partial charge in [0.15, 0.2) is 0 Å². The number of rotatable bonds is 3. The molecule has 1 fully saturated rings. The molecule has 118 valence electrons. The minimum Gasteiger partial charge on any atom is -0.324 e. The van der Waals surface area contributed by atoms with Crippen LogP contribution >= 0.6 is 12.4 Å². The second kappa shape index (κ2) is 5.95. The molecule has 0 bridgehead atoms. The van der Waals surface area contributed by atoms with E-state index in [-0.39, 0.29) is 23.8 Å². The van der Waals surface area contributed by atoms with Gasteiger partial charge in [-0.2, -0.15) is 0 Å². The fourth-order valence-electron chi connectivity index (χ4n) is 3.39. The SMILES string of the molecule is Cl.N[C@]1(Cc2ccc3ccccc3c2)C[C@@H]1c1ccc(F)cc1. The van der Waals surface area contributed by atoms with Crippen LogP contribution in [-0.4, -0.2) is 5.54 Å². The molecule has 0 saturated heterocycles. The second-order valence-corrected chi connectivity index (χ2v) is 6.40. The summed E-state index contributed by atoms with van der Waals surface area (Å²) >= 11 is 0. The molecule has 0 radical (unpaired) electrons. The van der Waals surface area contributed by atoms with Gasteiger partial charge in [0.1, 0.15) is 5.82 Å². The average Bonchev–Trinajstić information content (AvgIpc) is 3.19. The topological polar surface area (TPSA) is 26.0 Å². The third-order valence-electron chi connectivity index (χ3n) is 4.74. The largest absolute Gasteiger partial charge is 0.324 e. The van der Waals surface area contributed by atoms with Gasteiger partial charge in [0, 0.05) is 11.5 Å². The smallest absolute Gasteiger partial charge is 0.123 e. The number of halogens is 2. The molecule has 1 aliphatic rings. The van der Waals surface area contributed by atoms with Crippen molar-refractivity contribution in [1.82, 2.24) is 0 Å². The van der Waals surface area contributed by atoms with Gasteiger partial charge < -0.3 is 5.73 Å². The summed E-state index contributed by atoms with van der Waals surface area (Å²) in [6, 6.07) is 21.7. The van der Waals surface area contributed by atoms with Gasteiger partial charge in [0.05, 0.1) is 0 Å². The minimum absolute atomic E-state index is 0. The number of hydrogen-bond acceptors (Lipinski definition) is 1. The summed E-state index contributed by atoms with van der Waals surface area (Å²) < 4.78 is 13.0. The maximum Gasteiger partial charge on any atom is 0.123 e. The lowest BCUT2D eigenvalue weighted by atomic mass is 9.97. The van der Waals surface area contributed by atoms with E-state index in [1.165, 1.54) is 28.5 Å². The highest BCUT2D eigenvalue weighted by Crippen LogP contribution is 2.51. The Balaban J connectivity index is 0.00000156. The van der Waals surface area contributed by atoms with Crippen molar-refractivity contribution in [2.24, 2.45) is 5.73 Å². The molecule has 0 unspecified atom stereocenters. The maximum absolute atomic E-state index is 13.0. The zero-order valence-electron chi connectivity index (χ0n) is 12.7. The number of nitrogens with two attached hydrogens (primary N) is 1. The highest BCUT2D eigenvalue weighted by Gasteiger charge is 2.51. The van der Waals surface area contributed by atoms with Crippen molar-refractivity contribution in [2.45, 2.75) is 24.3 Å². The van der Waals surface area contributed by atoms with Gasteiger partial charge in [-0.3, -0.25) is 0 Å². The van der Waals surface area contributed by atoms with E-state index >= 15 is 0 Å². The maximum atomic E-state index is 13.0. The van der Waals surface area contributed by atoms with Gasteiger partial charge in [-0.05, 0) is 46.9 Å². The lowest BCUT2D eigenvalue weighted by molar-refractivity contribution is 0.623. The Morgan fingerprint density at radius 2 is 1.65 bits per heavy atom. The van der Waals surface area contributed by atoms with Crippen LogP contribution in [0.4, 0.5) is 4.39 Å². The van der Waals surface area contributed by atoms with E-state index in [0.717, 1.165) is 18.4 Å². The quantitative estimate of drug-likeness (QED) is 0.732. The Bertz CT molecular complexity index is 830. The van der Waals surface area contributed by atoms with Gasteiger partial charge in [-0.1, -0.05) is 54.6 Å². The molecule has 0 aliphatic heterocycles. The molecule has 1 nitrogen and oxygen atoms in total. The first-order valence-corrected chi connectivity index (χ1v) is 7.66. The van der Waals surface area contributed by atoms with Crippen LogP contribution in [0.15, 0.2) is 66.7 Å². The number of hydrogen-bond donors (Lipinski definition) is 1. The van der Waals surface area contributed by atoms with Crippen LogP contribution in [0.2, 0.25) is 0 Å². The predicted octanol–water partition coefficient (Wildman–Crippen LogP) is 4.83. The Morgan fingerprint density at radius 1 is 0.957 bits per heavy atom. The summed E-state index contributed by atoms with van der Waals surface area (Å²) in [4.78, 5) is 0. The first-order chi connectivity index (χ1) is 10.6. The van der Waals surface area contributed by atoms with Crippen molar-refractivity contribution in [3.8, 4) is 0 Å². The molecule has 2 N–H and O–H groups in total. The van der Waals surface area contributed by atoms with Gasteiger partial charge >= 0.3 is 0 Å². The molecular formula is C20H19ClFN. The molecule has 1 aliphatic carbocycles. The summed E-state index contributed by atoms with van der Waals surface area (Å²) in [5.41, 5.74) is 8.76. The molecule has 23 heavy (non-hydrogen) atoms. The molecule has 0 heterocycles. The van der Waals surface area contributed by atoms with Crippen molar-refractivity contribution in [1.29, 1.82) is 0 Å². The first-order valence-electron chi connectivity index (χ1n) is 7.66. The normalized spacial score (nSPS) is 22.6. The van der Waals surface area contributed by atoms with E-state index < -0.39 is 0 Å². The predicted molar refractivity (Wildman–Crippen MR) is 95.6 cm³/mol. The van der Waals surface area contributed by atoms with Crippen LogP contribution in [0.1, 0.15) is 23.5 Å². The molecule has 2 atom stereocenters. The summed E-state index contributed by atoms with van der Waals surface area (Å²) in [6.45, 7) is 0. The third kappa shape index (κ3) is 3.10. The van der Waals surface area contributed by atoms with Crippen LogP contribution in [0, 0.1) is 5.82 Å². The van der Waals surface area contributed by atoms with Crippen LogP contribution in [0.3, 0.4) is 0 Å². The third-order valence-corrected chi connectivity index (χ3v) is 4.74. The van der Waals surface area contributed by atoms with Gasteiger partial charge in [0.25, 0.3) is 0 Å². The van der Waals surface area contributed by atoms with Crippen molar-refractivity contribution >= 4 is 23.2 Å². The van der Waals surface area contributed by atoms with Crippen LogP contribution < -0.4 is 5.73 Å². The molecular weight excluding hydrogens is 309 g/mol. The van der Waals surface area contributed by atoms with E-state index in [4.69, 9.17) is 5.73 Å². The first kappa shape index (κ1) is 16.0. The fraction of sp³-hybridized carbons (Fsp3) is 0.200. The Labute approximate surface area is 141 Å². The summed E-state index contributed by atoms with van der Waals surface area (Å²) in [5.74, 6) is 0.140. The molecule has 1 saturated carbocycles. The molecule has 0 amide bonds.